The Kier molecular flexibility index (Phi) is 8.51. The number of carbonyl (C=O) groups excluding carboxylic acids is 1. The molecule has 0 spiro atoms. The highest BCUT2D eigenvalue weighted by atomic mass is 16.5. The summed E-state index contributed by atoms with van der Waals surface area (Å²) in [5.41, 5.74) is 4.71. The Morgan fingerprint density at radius 2 is 1.90 bits per heavy atom. The second-order valence-corrected chi connectivity index (χ2v) is 8.13. The normalized spacial score (nSPS) is 11.1. The molecular formula is C26H35N3O2. The summed E-state index contributed by atoms with van der Waals surface area (Å²) in [5, 5.41) is 3.00. The van der Waals surface area contributed by atoms with Crippen LogP contribution in [0.2, 0.25) is 0 Å². The van der Waals surface area contributed by atoms with E-state index in [0.29, 0.717) is 13.0 Å². The monoisotopic (exact) mass is 421 g/mol. The molecule has 5 nitrogen and oxygen atoms in total. The lowest BCUT2D eigenvalue weighted by atomic mass is 10.1. The van der Waals surface area contributed by atoms with Gasteiger partial charge in [0, 0.05) is 25.9 Å². The number of aryl methyl sites for hydroxylation is 3. The second-order valence-electron chi connectivity index (χ2n) is 8.13. The van der Waals surface area contributed by atoms with Gasteiger partial charge < -0.3 is 14.6 Å². The molecule has 0 saturated heterocycles. The highest BCUT2D eigenvalue weighted by Gasteiger charge is 2.10. The molecule has 0 atom stereocenters. The van der Waals surface area contributed by atoms with Crippen LogP contribution in [-0.2, 0) is 17.8 Å². The van der Waals surface area contributed by atoms with Crippen LogP contribution in [-0.4, -0.2) is 28.6 Å². The van der Waals surface area contributed by atoms with E-state index in [0.717, 1.165) is 62.3 Å². The van der Waals surface area contributed by atoms with E-state index in [1.165, 1.54) is 16.6 Å². The third kappa shape index (κ3) is 6.33. The number of aromatic nitrogens is 2. The zero-order valence-corrected chi connectivity index (χ0v) is 19.1. The number of fused-ring (bicyclic) bond motifs is 1. The van der Waals surface area contributed by atoms with Crippen molar-refractivity contribution in [2.75, 3.05) is 13.2 Å². The predicted octanol–water partition coefficient (Wildman–Crippen LogP) is 5.36. The number of para-hydroxylation sites is 2. The van der Waals surface area contributed by atoms with E-state index in [1.807, 2.05) is 25.1 Å². The average molecular weight is 422 g/mol. The highest BCUT2D eigenvalue weighted by Crippen LogP contribution is 2.21. The molecule has 31 heavy (non-hydrogen) atoms. The van der Waals surface area contributed by atoms with E-state index in [9.17, 15) is 4.79 Å². The van der Waals surface area contributed by atoms with E-state index in [4.69, 9.17) is 9.72 Å². The molecule has 2 aromatic carbocycles. The Morgan fingerprint density at radius 1 is 1.06 bits per heavy atom. The molecule has 0 unspecified atom stereocenters. The van der Waals surface area contributed by atoms with Crippen LogP contribution in [0.1, 0.15) is 56.0 Å². The first-order valence-electron chi connectivity index (χ1n) is 11.5. The number of carbonyl (C=O) groups is 1. The molecule has 0 saturated carbocycles. The fourth-order valence-electron chi connectivity index (χ4n) is 3.79. The zero-order chi connectivity index (χ0) is 22.1. The van der Waals surface area contributed by atoms with Gasteiger partial charge in [-0.1, -0.05) is 31.2 Å². The Labute approximate surface area is 185 Å². The van der Waals surface area contributed by atoms with Crippen LogP contribution in [0.3, 0.4) is 0 Å². The molecule has 0 aliphatic heterocycles. The summed E-state index contributed by atoms with van der Waals surface area (Å²) in [6, 6.07) is 14.5. The van der Waals surface area contributed by atoms with Crippen LogP contribution in [0.5, 0.6) is 5.75 Å². The second kappa shape index (κ2) is 11.5. The summed E-state index contributed by atoms with van der Waals surface area (Å²) in [6.07, 6.45) is 5.27. The van der Waals surface area contributed by atoms with Crippen LogP contribution < -0.4 is 10.1 Å². The lowest BCUT2D eigenvalue weighted by molar-refractivity contribution is -0.121. The Balaban J connectivity index is 1.53. The number of nitrogens with one attached hydrogen (secondary N) is 1. The van der Waals surface area contributed by atoms with Gasteiger partial charge in [-0.3, -0.25) is 4.79 Å². The van der Waals surface area contributed by atoms with Crippen molar-refractivity contribution < 1.29 is 9.53 Å². The summed E-state index contributed by atoms with van der Waals surface area (Å²) >= 11 is 0. The maximum absolute atomic E-state index is 11.7. The van der Waals surface area contributed by atoms with E-state index in [1.54, 1.807) is 0 Å². The van der Waals surface area contributed by atoms with Crippen LogP contribution in [0, 0.1) is 13.8 Å². The minimum atomic E-state index is 0.139. The highest BCUT2D eigenvalue weighted by molar-refractivity contribution is 5.76. The van der Waals surface area contributed by atoms with Crippen LogP contribution in [0.4, 0.5) is 0 Å². The molecule has 0 aliphatic carbocycles. The van der Waals surface area contributed by atoms with Gasteiger partial charge in [-0.15, -0.1) is 0 Å². The summed E-state index contributed by atoms with van der Waals surface area (Å²) in [6.45, 7) is 8.59. The molecule has 5 heteroatoms. The summed E-state index contributed by atoms with van der Waals surface area (Å²) < 4.78 is 8.35. The number of ether oxygens (including phenoxy) is 1. The van der Waals surface area contributed by atoms with Crippen molar-refractivity contribution in [2.24, 2.45) is 0 Å². The first kappa shape index (κ1) is 22.9. The molecule has 0 radical (unpaired) electrons. The van der Waals surface area contributed by atoms with Crippen molar-refractivity contribution >= 4 is 16.9 Å². The summed E-state index contributed by atoms with van der Waals surface area (Å²) in [5.74, 6) is 2.22. The number of amides is 1. The number of unbranched alkanes of at least 4 members (excludes halogenated alkanes) is 1. The smallest absolute Gasteiger partial charge is 0.219 e. The lowest BCUT2D eigenvalue weighted by Crippen LogP contribution is -2.24. The van der Waals surface area contributed by atoms with Crippen molar-refractivity contribution in [1.29, 1.82) is 0 Å². The topological polar surface area (TPSA) is 56.2 Å². The summed E-state index contributed by atoms with van der Waals surface area (Å²) in [4.78, 5) is 16.5. The quantitative estimate of drug-likeness (QED) is 0.401. The van der Waals surface area contributed by atoms with Gasteiger partial charge in [-0.05, 0) is 68.9 Å². The van der Waals surface area contributed by atoms with Crippen molar-refractivity contribution in [3.8, 4) is 5.75 Å². The maximum Gasteiger partial charge on any atom is 0.219 e. The molecular weight excluding hydrogens is 386 g/mol. The molecule has 0 bridgehead atoms. The molecule has 1 N–H and O–H groups in total. The Bertz CT molecular complexity index is 993. The molecule has 3 aromatic rings. The number of nitrogens with zero attached hydrogens (tertiary/aromatic N) is 2. The van der Waals surface area contributed by atoms with Gasteiger partial charge in [-0.25, -0.2) is 4.98 Å². The van der Waals surface area contributed by atoms with Crippen molar-refractivity contribution in [2.45, 2.75) is 65.8 Å². The molecule has 1 aromatic heterocycles. The van der Waals surface area contributed by atoms with Gasteiger partial charge >= 0.3 is 0 Å². The maximum atomic E-state index is 11.7. The third-order valence-corrected chi connectivity index (χ3v) is 5.70. The van der Waals surface area contributed by atoms with E-state index in [2.05, 4.69) is 48.0 Å². The fraction of sp³-hybridized carbons (Fsp3) is 0.462. The SMILES string of the molecule is CCCC(=O)NCCCc1nc2ccccc2n1CCCCOc1cccc(C)c1C. The minimum absolute atomic E-state index is 0.139. The van der Waals surface area contributed by atoms with Gasteiger partial charge in [0.1, 0.15) is 11.6 Å². The van der Waals surface area contributed by atoms with Gasteiger partial charge in [0.2, 0.25) is 5.91 Å². The van der Waals surface area contributed by atoms with Gasteiger partial charge in [-0.2, -0.15) is 0 Å². The largest absolute Gasteiger partial charge is 0.493 e. The van der Waals surface area contributed by atoms with Gasteiger partial charge in [0.15, 0.2) is 0 Å². The minimum Gasteiger partial charge on any atom is -0.493 e. The number of hydrogen-bond acceptors (Lipinski definition) is 3. The Hall–Kier alpha value is -2.82. The molecule has 1 heterocycles. The van der Waals surface area contributed by atoms with Crippen molar-refractivity contribution in [1.82, 2.24) is 14.9 Å². The number of hydrogen-bond donors (Lipinski definition) is 1. The third-order valence-electron chi connectivity index (χ3n) is 5.70. The first-order chi connectivity index (χ1) is 15.1. The predicted molar refractivity (Wildman–Crippen MR) is 127 cm³/mol. The van der Waals surface area contributed by atoms with Crippen LogP contribution in [0.25, 0.3) is 11.0 Å². The standard InChI is InChI=1S/C26H35N3O2/c1-4-11-26(30)27-17-10-16-25-28-22-13-5-6-14-23(22)29(25)18-7-8-19-31-24-15-9-12-20(2)21(24)3/h5-6,9,12-15H,4,7-8,10-11,16-19H2,1-3H3,(H,27,30). The van der Waals surface area contributed by atoms with Crippen LogP contribution >= 0.6 is 0 Å². The van der Waals surface area contributed by atoms with E-state index >= 15 is 0 Å². The van der Waals surface area contributed by atoms with Crippen molar-refractivity contribution in [3.63, 3.8) is 0 Å². The molecule has 0 aliphatic rings. The zero-order valence-electron chi connectivity index (χ0n) is 19.1. The molecule has 1 amide bonds. The molecule has 166 valence electrons. The fourth-order valence-corrected chi connectivity index (χ4v) is 3.79. The van der Waals surface area contributed by atoms with Crippen molar-refractivity contribution in [3.05, 3.63) is 59.4 Å². The molecule has 0 fully saturated rings. The Morgan fingerprint density at radius 3 is 2.74 bits per heavy atom. The van der Waals surface area contributed by atoms with E-state index in [-0.39, 0.29) is 5.91 Å². The first-order valence-corrected chi connectivity index (χ1v) is 11.5. The number of benzene rings is 2. The van der Waals surface area contributed by atoms with Gasteiger partial charge in [0.05, 0.1) is 17.6 Å². The average Bonchev–Trinajstić information content (AvgIpc) is 3.11. The number of rotatable bonds is 12. The van der Waals surface area contributed by atoms with Gasteiger partial charge in [0.25, 0.3) is 0 Å². The number of imidazole rings is 1. The van der Waals surface area contributed by atoms with E-state index < -0.39 is 0 Å². The molecule has 3 rings (SSSR count). The van der Waals surface area contributed by atoms with Crippen LogP contribution in [0.15, 0.2) is 42.5 Å². The summed E-state index contributed by atoms with van der Waals surface area (Å²) in [7, 11) is 0. The lowest BCUT2D eigenvalue weighted by Gasteiger charge is -2.12.